The monoisotopic (exact) mass is 175 g/mol. The Morgan fingerprint density at radius 2 is 2.15 bits per heavy atom. The summed E-state index contributed by atoms with van der Waals surface area (Å²) in [5.41, 5.74) is 1.47. The summed E-state index contributed by atoms with van der Waals surface area (Å²) in [5, 5.41) is 10.2. The summed E-state index contributed by atoms with van der Waals surface area (Å²) >= 11 is 0. The molecular formula is C10H9NO2. The van der Waals surface area contributed by atoms with Crippen LogP contribution in [0.1, 0.15) is 11.8 Å². The second-order valence-electron chi connectivity index (χ2n) is 2.89. The summed E-state index contributed by atoms with van der Waals surface area (Å²) in [6, 6.07) is 9.40. The SMILES string of the molecule is O=CC(O)c1cc2ccccc2[nH]1. The van der Waals surface area contributed by atoms with Crippen molar-refractivity contribution in [3.8, 4) is 0 Å². The van der Waals surface area contributed by atoms with Crippen LogP contribution < -0.4 is 0 Å². The van der Waals surface area contributed by atoms with E-state index in [2.05, 4.69) is 4.98 Å². The van der Waals surface area contributed by atoms with E-state index in [9.17, 15) is 9.90 Å². The molecule has 3 heteroatoms. The fraction of sp³-hybridized carbons (Fsp3) is 0.100. The number of aldehydes is 1. The van der Waals surface area contributed by atoms with Crippen molar-refractivity contribution >= 4 is 17.2 Å². The zero-order valence-electron chi connectivity index (χ0n) is 6.90. The Hall–Kier alpha value is -1.61. The molecule has 0 aliphatic carbocycles. The van der Waals surface area contributed by atoms with E-state index >= 15 is 0 Å². The molecule has 0 aliphatic heterocycles. The van der Waals surface area contributed by atoms with Gasteiger partial charge in [-0.2, -0.15) is 0 Å². The molecule has 0 bridgehead atoms. The maximum absolute atomic E-state index is 10.3. The normalized spacial score (nSPS) is 13.0. The van der Waals surface area contributed by atoms with Crippen LogP contribution in [-0.2, 0) is 4.79 Å². The number of hydrogen-bond donors (Lipinski definition) is 2. The zero-order valence-corrected chi connectivity index (χ0v) is 6.90. The molecule has 1 aromatic heterocycles. The molecule has 2 rings (SSSR count). The van der Waals surface area contributed by atoms with Crippen LogP contribution in [0.15, 0.2) is 30.3 Å². The minimum atomic E-state index is -1.05. The average Bonchev–Trinajstić information content (AvgIpc) is 2.59. The number of hydrogen-bond acceptors (Lipinski definition) is 2. The van der Waals surface area contributed by atoms with Crippen molar-refractivity contribution in [2.75, 3.05) is 0 Å². The summed E-state index contributed by atoms with van der Waals surface area (Å²) in [4.78, 5) is 13.3. The third-order valence-electron chi connectivity index (χ3n) is 2.00. The molecule has 3 nitrogen and oxygen atoms in total. The largest absolute Gasteiger partial charge is 0.379 e. The summed E-state index contributed by atoms with van der Waals surface area (Å²) in [7, 11) is 0. The molecule has 1 heterocycles. The Kier molecular flexibility index (Phi) is 1.87. The molecule has 0 amide bonds. The average molecular weight is 175 g/mol. The van der Waals surface area contributed by atoms with Gasteiger partial charge in [0.1, 0.15) is 6.10 Å². The standard InChI is InChI=1S/C10H9NO2/c12-6-10(13)9-5-7-3-1-2-4-8(7)11-9/h1-6,10-11,13H. The molecule has 1 atom stereocenters. The Morgan fingerprint density at radius 3 is 2.85 bits per heavy atom. The third-order valence-corrected chi connectivity index (χ3v) is 2.00. The zero-order chi connectivity index (χ0) is 9.26. The van der Waals surface area contributed by atoms with Gasteiger partial charge >= 0.3 is 0 Å². The minimum absolute atomic E-state index is 0.505. The second-order valence-corrected chi connectivity index (χ2v) is 2.89. The Morgan fingerprint density at radius 1 is 1.38 bits per heavy atom. The lowest BCUT2D eigenvalue weighted by Gasteiger charge is -1.95. The number of rotatable bonds is 2. The maximum Gasteiger partial charge on any atom is 0.154 e. The van der Waals surface area contributed by atoms with Crippen molar-refractivity contribution in [3.05, 3.63) is 36.0 Å². The van der Waals surface area contributed by atoms with Crippen LogP contribution >= 0.6 is 0 Å². The lowest BCUT2D eigenvalue weighted by atomic mass is 10.2. The van der Waals surface area contributed by atoms with Gasteiger partial charge in [0, 0.05) is 5.52 Å². The first-order chi connectivity index (χ1) is 6.31. The molecule has 0 saturated heterocycles. The van der Waals surface area contributed by atoms with E-state index in [0.29, 0.717) is 12.0 Å². The lowest BCUT2D eigenvalue weighted by molar-refractivity contribution is -0.115. The van der Waals surface area contributed by atoms with Crippen molar-refractivity contribution in [3.63, 3.8) is 0 Å². The lowest BCUT2D eigenvalue weighted by Crippen LogP contribution is -1.97. The van der Waals surface area contributed by atoms with Gasteiger partial charge in [0.25, 0.3) is 0 Å². The number of nitrogens with one attached hydrogen (secondary N) is 1. The van der Waals surface area contributed by atoms with E-state index in [-0.39, 0.29) is 0 Å². The van der Waals surface area contributed by atoms with Gasteiger partial charge in [-0.3, -0.25) is 0 Å². The molecule has 0 saturated carbocycles. The number of fused-ring (bicyclic) bond motifs is 1. The molecule has 2 aromatic rings. The van der Waals surface area contributed by atoms with Gasteiger partial charge in [-0.1, -0.05) is 18.2 Å². The van der Waals surface area contributed by atoms with E-state index in [4.69, 9.17) is 0 Å². The third kappa shape index (κ3) is 1.34. The predicted molar refractivity (Wildman–Crippen MR) is 49.3 cm³/mol. The van der Waals surface area contributed by atoms with Gasteiger partial charge < -0.3 is 14.9 Å². The highest BCUT2D eigenvalue weighted by molar-refractivity contribution is 5.81. The smallest absolute Gasteiger partial charge is 0.154 e. The molecule has 1 aromatic carbocycles. The van der Waals surface area contributed by atoms with Crippen LogP contribution in [-0.4, -0.2) is 16.4 Å². The van der Waals surface area contributed by atoms with E-state index in [1.807, 2.05) is 24.3 Å². The number of carbonyl (C=O) groups is 1. The van der Waals surface area contributed by atoms with Crippen LogP contribution in [0.2, 0.25) is 0 Å². The van der Waals surface area contributed by atoms with Crippen LogP contribution in [0, 0.1) is 0 Å². The molecule has 13 heavy (non-hydrogen) atoms. The highest BCUT2D eigenvalue weighted by atomic mass is 16.3. The second kappa shape index (κ2) is 3.03. The van der Waals surface area contributed by atoms with Crippen LogP contribution in [0.3, 0.4) is 0 Å². The molecular weight excluding hydrogens is 166 g/mol. The Balaban J connectivity index is 2.55. The van der Waals surface area contributed by atoms with Gasteiger partial charge in [-0.15, -0.1) is 0 Å². The summed E-state index contributed by atoms with van der Waals surface area (Å²) in [6.07, 6.45) is -0.544. The van der Waals surface area contributed by atoms with E-state index in [1.54, 1.807) is 6.07 Å². The molecule has 0 aliphatic rings. The molecule has 0 spiro atoms. The first-order valence-corrected chi connectivity index (χ1v) is 4.02. The first kappa shape index (κ1) is 8.01. The number of benzene rings is 1. The number of H-pyrrole nitrogens is 1. The molecule has 0 radical (unpaired) electrons. The van der Waals surface area contributed by atoms with Gasteiger partial charge in [0.15, 0.2) is 6.29 Å². The topological polar surface area (TPSA) is 53.1 Å². The van der Waals surface area contributed by atoms with Crippen LogP contribution in [0.4, 0.5) is 0 Å². The van der Waals surface area contributed by atoms with Crippen molar-refractivity contribution in [1.29, 1.82) is 0 Å². The summed E-state index contributed by atoms with van der Waals surface area (Å²) in [6.45, 7) is 0. The number of aromatic nitrogens is 1. The number of aliphatic hydroxyl groups is 1. The summed E-state index contributed by atoms with van der Waals surface area (Å²) in [5.74, 6) is 0. The van der Waals surface area contributed by atoms with Gasteiger partial charge in [0.2, 0.25) is 0 Å². The predicted octanol–water partition coefficient (Wildman–Crippen LogP) is 1.40. The minimum Gasteiger partial charge on any atom is -0.379 e. The number of carbonyl (C=O) groups excluding carboxylic acids is 1. The van der Waals surface area contributed by atoms with E-state index in [0.717, 1.165) is 10.9 Å². The maximum atomic E-state index is 10.3. The van der Waals surface area contributed by atoms with Gasteiger partial charge in [-0.05, 0) is 17.5 Å². The van der Waals surface area contributed by atoms with Crippen LogP contribution in [0.25, 0.3) is 10.9 Å². The number of aromatic amines is 1. The van der Waals surface area contributed by atoms with Crippen LogP contribution in [0.5, 0.6) is 0 Å². The van der Waals surface area contributed by atoms with Crippen molar-refractivity contribution in [2.24, 2.45) is 0 Å². The molecule has 1 unspecified atom stereocenters. The molecule has 66 valence electrons. The first-order valence-electron chi connectivity index (χ1n) is 4.02. The Bertz CT molecular complexity index is 400. The molecule has 2 N–H and O–H groups in total. The Labute approximate surface area is 75.0 Å². The highest BCUT2D eigenvalue weighted by Gasteiger charge is 2.07. The van der Waals surface area contributed by atoms with Gasteiger partial charge in [0.05, 0.1) is 5.69 Å². The molecule has 0 fully saturated rings. The van der Waals surface area contributed by atoms with E-state index in [1.165, 1.54) is 0 Å². The quantitative estimate of drug-likeness (QED) is 0.678. The number of aliphatic hydroxyl groups excluding tert-OH is 1. The van der Waals surface area contributed by atoms with Crippen molar-refractivity contribution in [1.82, 2.24) is 4.98 Å². The summed E-state index contributed by atoms with van der Waals surface area (Å²) < 4.78 is 0. The van der Waals surface area contributed by atoms with E-state index < -0.39 is 6.10 Å². The number of para-hydroxylation sites is 1. The fourth-order valence-electron chi connectivity index (χ4n) is 1.33. The van der Waals surface area contributed by atoms with Crippen molar-refractivity contribution < 1.29 is 9.90 Å². The fourth-order valence-corrected chi connectivity index (χ4v) is 1.33. The highest BCUT2D eigenvalue weighted by Crippen LogP contribution is 2.18. The van der Waals surface area contributed by atoms with Gasteiger partial charge in [-0.25, -0.2) is 0 Å². The van der Waals surface area contributed by atoms with Crippen molar-refractivity contribution in [2.45, 2.75) is 6.10 Å².